The number of hydrogen-bond acceptors (Lipinski definition) is 3. The molecule has 0 amide bonds. The van der Waals surface area contributed by atoms with Crippen LogP contribution in [0.2, 0.25) is 5.02 Å². The van der Waals surface area contributed by atoms with Gasteiger partial charge in [-0.1, -0.05) is 64.5 Å². The largest absolute Gasteiger partial charge is 0.508 e. The van der Waals surface area contributed by atoms with E-state index in [0.717, 1.165) is 44.9 Å². The highest BCUT2D eigenvalue weighted by molar-refractivity contribution is 6.33. The Bertz CT molecular complexity index is 573. The molecule has 0 aliphatic rings. The van der Waals surface area contributed by atoms with Crippen LogP contribution in [0, 0.1) is 12.3 Å². The van der Waals surface area contributed by atoms with Gasteiger partial charge in [0.1, 0.15) is 17.3 Å². The topological polar surface area (TPSA) is 57.5 Å². The first-order valence-electron chi connectivity index (χ1n) is 9.37. The first-order chi connectivity index (χ1) is 11.6. The van der Waals surface area contributed by atoms with E-state index >= 15 is 0 Å². The lowest BCUT2D eigenvalue weighted by molar-refractivity contribution is -0.126. The van der Waals surface area contributed by atoms with Crippen LogP contribution in [0.15, 0.2) is 6.07 Å². The molecule has 1 rings (SSSR count). The molecule has 0 radical (unpaired) electrons. The first-order valence-corrected chi connectivity index (χ1v) is 9.75. The van der Waals surface area contributed by atoms with Gasteiger partial charge in [-0.25, -0.2) is 0 Å². The zero-order chi connectivity index (χ0) is 19.0. The first kappa shape index (κ1) is 21.8. The number of unbranched alkanes of at least 4 members (excludes halogenated alkanes) is 6. The zero-order valence-electron chi connectivity index (χ0n) is 16.1. The minimum Gasteiger partial charge on any atom is -0.508 e. The molecule has 25 heavy (non-hydrogen) atoms. The number of ketones is 1. The molecular formula is C21H33ClO3. The number of hydrogen-bond donors (Lipinski definition) is 2. The van der Waals surface area contributed by atoms with Gasteiger partial charge >= 0.3 is 0 Å². The zero-order valence-corrected chi connectivity index (χ0v) is 16.9. The molecule has 0 saturated carbocycles. The lowest BCUT2D eigenvalue weighted by atomic mass is 9.88. The van der Waals surface area contributed by atoms with E-state index in [1.54, 1.807) is 13.0 Å². The second kappa shape index (κ2) is 10.1. The Balaban J connectivity index is 2.16. The number of carbonyl (C=O) groups is 1. The smallest absolute Gasteiger partial charge is 0.141 e. The quantitative estimate of drug-likeness (QED) is 0.474. The molecule has 3 nitrogen and oxygen atoms in total. The maximum Gasteiger partial charge on any atom is 0.141 e. The lowest BCUT2D eigenvalue weighted by Gasteiger charge is -2.16. The maximum absolute atomic E-state index is 11.8. The molecule has 4 heteroatoms. The standard InChI is InChI=1S/C21H33ClO3/c1-15-14-17(23)16(20(25)19(15)22)12-10-8-6-5-7-9-11-13-18(24)21(2,3)4/h14,23,25H,5-13H2,1-4H3. The van der Waals surface area contributed by atoms with Crippen LogP contribution in [0.4, 0.5) is 0 Å². The second-order valence-electron chi connectivity index (χ2n) is 8.00. The third kappa shape index (κ3) is 7.27. The number of aromatic hydroxyl groups is 2. The summed E-state index contributed by atoms with van der Waals surface area (Å²) in [6.45, 7) is 7.70. The number of phenolic OH excluding ortho intramolecular Hbond substituents is 2. The summed E-state index contributed by atoms with van der Waals surface area (Å²) in [5, 5.41) is 20.3. The van der Waals surface area contributed by atoms with E-state index < -0.39 is 0 Å². The number of halogens is 1. The molecule has 0 atom stereocenters. The van der Waals surface area contributed by atoms with E-state index in [4.69, 9.17) is 11.6 Å². The van der Waals surface area contributed by atoms with Gasteiger partial charge in [0.15, 0.2) is 0 Å². The van der Waals surface area contributed by atoms with Crippen molar-refractivity contribution in [2.24, 2.45) is 5.41 Å². The van der Waals surface area contributed by atoms with E-state index in [1.165, 1.54) is 0 Å². The summed E-state index contributed by atoms with van der Waals surface area (Å²) < 4.78 is 0. The fourth-order valence-corrected chi connectivity index (χ4v) is 3.06. The summed E-state index contributed by atoms with van der Waals surface area (Å²) >= 11 is 6.03. The predicted molar refractivity (Wildman–Crippen MR) is 105 cm³/mol. The van der Waals surface area contributed by atoms with Gasteiger partial charge in [-0.05, 0) is 37.8 Å². The van der Waals surface area contributed by atoms with E-state index in [1.807, 2.05) is 20.8 Å². The number of aryl methyl sites for hydroxylation is 1. The van der Waals surface area contributed by atoms with Crippen molar-refractivity contribution in [3.63, 3.8) is 0 Å². The monoisotopic (exact) mass is 368 g/mol. The lowest BCUT2D eigenvalue weighted by Crippen LogP contribution is -2.19. The molecule has 1 aromatic carbocycles. The van der Waals surface area contributed by atoms with Crippen molar-refractivity contribution >= 4 is 17.4 Å². The van der Waals surface area contributed by atoms with Crippen LogP contribution >= 0.6 is 11.6 Å². The van der Waals surface area contributed by atoms with E-state index in [9.17, 15) is 15.0 Å². The molecule has 142 valence electrons. The Labute approximate surface area is 157 Å². The summed E-state index contributed by atoms with van der Waals surface area (Å²) in [6.07, 6.45) is 8.86. The normalized spacial score (nSPS) is 11.7. The fraction of sp³-hybridized carbons (Fsp3) is 0.667. The summed E-state index contributed by atoms with van der Waals surface area (Å²) in [5.41, 5.74) is 1.03. The molecule has 0 bridgehead atoms. The van der Waals surface area contributed by atoms with Crippen LogP contribution in [0.1, 0.15) is 83.3 Å². The van der Waals surface area contributed by atoms with Crippen molar-refractivity contribution in [2.45, 2.75) is 85.5 Å². The summed E-state index contributed by atoms with van der Waals surface area (Å²) in [7, 11) is 0. The molecule has 0 aliphatic carbocycles. The fourth-order valence-electron chi connectivity index (χ4n) is 2.89. The Morgan fingerprint density at radius 3 is 2.08 bits per heavy atom. The molecule has 2 N–H and O–H groups in total. The summed E-state index contributed by atoms with van der Waals surface area (Å²) in [5.74, 6) is 0.495. The number of phenols is 2. The number of benzene rings is 1. The molecule has 0 unspecified atom stereocenters. The number of carbonyl (C=O) groups excluding carboxylic acids is 1. The highest BCUT2D eigenvalue weighted by atomic mass is 35.5. The van der Waals surface area contributed by atoms with Crippen molar-refractivity contribution < 1.29 is 15.0 Å². The van der Waals surface area contributed by atoms with Crippen LogP contribution in [-0.4, -0.2) is 16.0 Å². The van der Waals surface area contributed by atoms with Crippen LogP contribution in [-0.2, 0) is 11.2 Å². The molecule has 0 fully saturated rings. The summed E-state index contributed by atoms with van der Waals surface area (Å²) in [4.78, 5) is 11.8. The average molecular weight is 369 g/mol. The minimum atomic E-state index is -0.212. The Kier molecular flexibility index (Phi) is 8.78. The third-order valence-corrected chi connectivity index (χ3v) is 5.15. The van der Waals surface area contributed by atoms with Crippen molar-refractivity contribution in [2.75, 3.05) is 0 Å². The van der Waals surface area contributed by atoms with E-state index in [-0.39, 0.29) is 16.9 Å². The van der Waals surface area contributed by atoms with E-state index in [0.29, 0.717) is 34.8 Å². The van der Waals surface area contributed by atoms with Gasteiger partial charge in [0.05, 0.1) is 5.02 Å². The Hall–Kier alpha value is -1.22. The van der Waals surface area contributed by atoms with Gasteiger partial charge in [-0.3, -0.25) is 4.79 Å². The minimum absolute atomic E-state index is 0.0164. The second-order valence-corrected chi connectivity index (χ2v) is 8.38. The highest BCUT2D eigenvalue weighted by Gasteiger charge is 2.19. The van der Waals surface area contributed by atoms with Gasteiger partial charge < -0.3 is 10.2 Å². The van der Waals surface area contributed by atoms with Gasteiger partial charge in [-0.15, -0.1) is 0 Å². The van der Waals surface area contributed by atoms with Crippen molar-refractivity contribution in [3.05, 3.63) is 22.2 Å². The van der Waals surface area contributed by atoms with Crippen LogP contribution in [0.3, 0.4) is 0 Å². The molecule has 0 aromatic heterocycles. The SMILES string of the molecule is Cc1cc(O)c(CCCCCCCCCC(=O)C(C)(C)C)c(O)c1Cl. The molecule has 1 aromatic rings. The van der Waals surface area contributed by atoms with Gasteiger partial charge in [-0.2, -0.15) is 0 Å². The Morgan fingerprint density at radius 2 is 1.52 bits per heavy atom. The van der Waals surface area contributed by atoms with Gasteiger partial charge in [0.25, 0.3) is 0 Å². The number of Topliss-reactive ketones (excluding diaryl/α,β-unsaturated/α-hetero) is 1. The molecular weight excluding hydrogens is 336 g/mol. The van der Waals surface area contributed by atoms with Crippen molar-refractivity contribution in [1.29, 1.82) is 0 Å². The molecule has 0 saturated heterocycles. The van der Waals surface area contributed by atoms with Crippen LogP contribution < -0.4 is 0 Å². The predicted octanol–water partition coefficient (Wildman–Crippen LogP) is 6.34. The maximum atomic E-state index is 11.8. The van der Waals surface area contributed by atoms with E-state index in [2.05, 4.69) is 0 Å². The van der Waals surface area contributed by atoms with Crippen LogP contribution in [0.5, 0.6) is 11.5 Å². The van der Waals surface area contributed by atoms with Gasteiger partial charge in [0, 0.05) is 17.4 Å². The highest BCUT2D eigenvalue weighted by Crippen LogP contribution is 2.37. The molecule has 0 spiro atoms. The third-order valence-electron chi connectivity index (χ3n) is 4.67. The number of rotatable bonds is 10. The van der Waals surface area contributed by atoms with Crippen molar-refractivity contribution in [3.8, 4) is 11.5 Å². The van der Waals surface area contributed by atoms with Crippen molar-refractivity contribution in [1.82, 2.24) is 0 Å². The Morgan fingerprint density at radius 1 is 1.00 bits per heavy atom. The molecule has 0 heterocycles. The molecule has 0 aliphatic heterocycles. The van der Waals surface area contributed by atoms with Gasteiger partial charge in [0.2, 0.25) is 0 Å². The summed E-state index contributed by atoms with van der Waals surface area (Å²) in [6, 6.07) is 1.61. The van der Waals surface area contributed by atoms with Crippen LogP contribution in [0.25, 0.3) is 0 Å². The average Bonchev–Trinajstić information content (AvgIpc) is 2.52.